The first kappa shape index (κ1) is 82.4. The summed E-state index contributed by atoms with van der Waals surface area (Å²) in [6, 6.07) is -0.909. The van der Waals surface area contributed by atoms with Crippen LogP contribution in [-0.2, 0) is 27.9 Å². The normalized spacial score (nSPS) is 21.5. The van der Waals surface area contributed by atoms with Crippen molar-refractivity contribution in [3.05, 3.63) is 0 Å². The van der Waals surface area contributed by atoms with E-state index in [1.54, 1.807) is 23.5 Å². The number of hydrogen-bond donors (Lipinski definition) is 6. The number of carbonyl (C=O) groups is 1. The molecule has 1 amide bonds. The number of quaternary nitrogens is 1. The maximum absolute atomic E-state index is 13.8. The van der Waals surface area contributed by atoms with Crippen LogP contribution in [-0.4, -0.2) is 195 Å². The third-order valence-corrected chi connectivity index (χ3v) is 25.0. The Hall–Kier alpha value is 1.40. The summed E-state index contributed by atoms with van der Waals surface area (Å²) in [5.74, 6) is -0.202. The number of phosphoric acid groups is 1. The molecule has 13 nitrogen and oxygen atoms in total. The largest absolute Gasteiger partial charge is 0.472 e. The highest BCUT2D eigenvalue weighted by molar-refractivity contribution is 8.04. The van der Waals surface area contributed by atoms with Crippen LogP contribution in [0.3, 0.4) is 0 Å². The van der Waals surface area contributed by atoms with Crippen molar-refractivity contribution in [2.24, 2.45) is 0 Å². The van der Waals surface area contributed by atoms with Crippen LogP contribution in [0.4, 0.5) is 0 Å². The molecule has 14 atom stereocenters. The number of aliphatic hydroxyl groups is 4. The Labute approximate surface area is 535 Å². The molecule has 0 aromatic heterocycles. The van der Waals surface area contributed by atoms with Crippen LogP contribution in [0.25, 0.3) is 0 Å². The minimum absolute atomic E-state index is 0.0388. The van der Waals surface area contributed by atoms with Crippen molar-refractivity contribution in [3.8, 4) is 0 Å². The molecule has 1 heterocycles. The second kappa shape index (κ2) is 52.0. The first-order valence-corrected chi connectivity index (χ1v) is 42.0. The van der Waals surface area contributed by atoms with E-state index in [9.17, 15) is 34.7 Å². The number of aliphatic hydroxyl groups excluding tert-OH is 4. The minimum atomic E-state index is -4.57. The lowest BCUT2D eigenvalue weighted by molar-refractivity contribution is -0.870. The van der Waals surface area contributed by atoms with E-state index < -0.39 is 57.3 Å². The van der Waals surface area contributed by atoms with Crippen molar-refractivity contribution in [1.82, 2.24) is 5.32 Å². The lowest BCUT2D eigenvalue weighted by atomic mass is 9.98. The fourth-order valence-electron chi connectivity index (χ4n) is 11.2. The smallest absolute Gasteiger partial charge is 0.390 e. The zero-order valence-electron chi connectivity index (χ0n) is 54.4. The van der Waals surface area contributed by atoms with Gasteiger partial charge in [-0.1, -0.05) is 194 Å². The van der Waals surface area contributed by atoms with Gasteiger partial charge in [0.25, 0.3) is 0 Å². The molecule has 0 aromatic carbocycles. The molecule has 83 heavy (non-hydrogen) atoms. The molecule has 1 aliphatic heterocycles. The standard InChI is InChI=1S/C63H127N2O11PS6/c1-12-14-16-18-20-22-23-24-25-26-27-28-29-30-31-32-33-34-36-38-40-42-57(66)64-50(48-73-63-61(70)60(69)59(68)51(76-63)49-75-77(71,72)74-46-45-65(3,4)5)58(67)62(83-11)54(80-8)44-43-53(79-7)56(82-10)47-55(81-9)52(78-6)41-39-37-35-21-19-17-15-13-2/h50-56,58-63,67-70H,12-49H2,1-11H3,(H-,64,66,71,72)/p+1/t50-,51+,52?,53?,54?,55?,56?,58-,59-,60-,61+,62?,63+/m0/s1. The SMILES string of the molecule is CCCCCCCCCCCCCCCCCCCCCCCC(=O)N[C@@H](CO[C@@H]1O[C@H](COP(=O)(O)OCC[N+](C)(C)C)[C@H](O)[C@H](O)[C@H]1O)[C@H](O)C(SC)C(CCC(SC)C(CC(SC)C(CCCCCCCCCC)SC)SC)SC. The van der Waals surface area contributed by atoms with Gasteiger partial charge in [-0.15, -0.1) is 0 Å². The maximum atomic E-state index is 13.8. The summed E-state index contributed by atoms with van der Waals surface area (Å²) >= 11 is 11.3. The van der Waals surface area contributed by atoms with E-state index >= 15 is 0 Å². The van der Waals surface area contributed by atoms with Gasteiger partial charge in [-0.3, -0.25) is 13.8 Å². The van der Waals surface area contributed by atoms with Gasteiger partial charge in [0.2, 0.25) is 5.91 Å². The van der Waals surface area contributed by atoms with E-state index in [0.717, 1.165) is 44.9 Å². The Morgan fingerprint density at radius 2 is 0.952 bits per heavy atom. The molecular weight excluding hydrogens is 1180 g/mol. The lowest BCUT2D eigenvalue weighted by Crippen LogP contribution is -2.60. The fraction of sp³-hybridized carbons (Fsp3) is 0.984. The third kappa shape index (κ3) is 39.4. The van der Waals surface area contributed by atoms with Crippen molar-refractivity contribution in [2.45, 2.75) is 307 Å². The molecule has 6 N–H and O–H groups in total. The second-order valence-electron chi connectivity index (χ2n) is 24.6. The predicted octanol–water partition coefficient (Wildman–Crippen LogP) is 15.2. The Kier molecular flexibility index (Phi) is 51.6. The quantitative estimate of drug-likeness (QED) is 0.0192. The number of carbonyl (C=O) groups excluding carboxylic acids is 1. The van der Waals surface area contributed by atoms with Gasteiger partial charge in [-0.25, -0.2) is 4.57 Å². The summed E-state index contributed by atoms with van der Waals surface area (Å²) in [7, 11) is 1.18. The van der Waals surface area contributed by atoms with Gasteiger partial charge in [0.1, 0.15) is 37.6 Å². The van der Waals surface area contributed by atoms with Gasteiger partial charge in [0.05, 0.1) is 46.5 Å². The van der Waals surface area contributed by atoms with Gasteiger partial charge in [0, 0.05) is 37.9 Å². The maximum Gasteiger partial charge on any atom is 0.472 e. The number of nitrogens with zero attached hydrogens (tertiary/aromatic N) is 1. The van der Waals surface area contributed by atoms with Crippen molar-refractivity contribution < 1.29 is 57.7 Å². The topological polar surface area (TPSA) is 184 Å². The van der Waals surface area contributed by atoms with Crippen LogP contribution in [0, 0.1) is 0 Å². The summed E-state index contributed by atoms with van der Waals surface area (Å²) in [6.45, 7) is 4.02. The summed E-state index contributed by atoms with van der Waals surface area (Å²) < 4.78 is 35.6. The van der Waals surface area contributed by atoms with Crippen molar-refractivity contribution in [2.75, 3.05) is 85.0 Å². The minimum Gasteiger partial charge on any atom is -0.390 e. The van der Waals surface area contributed by atoms with Crippen LogP contribution < -0.4 is 5.32 Å². The molecule has 0 radical (unpaired) electrons. The van der Waals surface area contributed by atoms with E-state index in [0.29, 0.717) is 38.4 Å². The van der Waals surface area contributed by atoms with Gasteiger partial charge in [-0.2, -0.15) is 70.6 Å². The monoisotopic (exact) mass is 1310 g/mol. The first-order valence-electron chi connectivity index (χ1n) is 32.7. The van der Waals surface area contributed by atoms with Crippen molar-refractivity contribution >= 4 is 84.3 Å². The van der Waals surface area contributed by atoms with Crippen molar-refractivity contribution in [3.63, 3.8) is 0 Å². The van der Waals surface area contributed by atoms with Gasteiger partial charge < -0.3 is 44.6 Å². The van der Waals surface area contributed by atoms with E-state index in [-0.39, 0.29) is 29.6 Å². The fourth-order valence-corrected chi connectivity index (χ4v) is 19.0. The summed E-state index contributed by atoms with van der Waals surface area (Å²) in [5, 5.41) is 50.3. The highest BCUT2D eigenvalue weighted by Gasteiger charge is 2.46. The number of likely N-dealkylation sites (N-methyl/N-ethyl adjacent to an activating group) is 1. The molecule has 7 unspecified atom stereocenters. The number of unbranched alkanes of at least 4 members (excludes halogenated alkanes) is 27. The van der Waals surface area contributed by atoms with E-state index in [2.05, 4.69) is 50.4 Å². The highest BCUT2D eigenvalue weighted by atomic mass is 32.2. The van der Waals surface area contributed by atoms with Crippen LogP contribution in [0.15, 0.2) is 0 Å². The van der Waals surface area contributed by atoms with Gasteiger partial charge >= 0.3 is 7.82 Å². The van der Waals surface area contributed by atoms with Crippen LogP contribution >= 0.6 is 78.4 Å². The third-order valence-electron chi connectivity index (χ3n) is 16.7. The van der Waals surface area contributed by atoms with E-state index in [1.807, 2.05) is 74.4 Å². The first-order chi connectivity index (χ1) is 39.9. The highest BCUT2D eigenvalue weighted by Crippen LogP contribution is 2.44. The zero-order valence-corrected chi connectivity index (χ0v) is 60.2. The number of amides is 1. The molecule has 0 saturated carbocycles. The Morgan fingerprint density at radius 1 is 0.542 bits per heavy atom. The van der Waals surface area contributed by atoms with E-state index in [1.165, 1.54) is 167 Å². The molecule has 1 fully saturated rings. The summed E-state index contributed by atoms with van der Waals surface area (Å²) in [4.78, 5) is 24.2. The summed E-state index contributed by atoms with van der Waals surface area (Å²) in [5.41, 5.74) is 0. The molecule has 20 heteroatoms. The molecule has 0 aromatic rings. The second-order valence-corrected chi connectivity index (χ2v) is 32.4. The molecule has 1 rings (SSSR count). The number of phosphoric ester groups is 1. The van der Waals surface area contributed by atoms with Crippen molar-refractivity contribution in [1.29, 1.82) is 0 Å². The zero-order chi connectivity index (χ0) is 61.7. The van der Waals surface area contributed by atoms with Gasteiger partial charge in [0.15, 0.2) is 6.29 Å². The molecular formula is C63H128N2O11PS6+. The predicted molar refractivity (Wildman–Crippen MR) is 367 cm³/mol. The Morgan fingerprint density at radius 3 is 1.37 bits per heavy atom. The number of hydrogen-bond acceptors (Lipinski definition) is 16. The molecule has 496 valence electrons. The van der Waals surface area contributed by atoms with Gasteiger partial charge in [-0.05, 0) is 69.6 Å². The summed E-state index contributed by atoms with van der Waals surface area (Å²) in [6.07, 6.45) is 46.3. The molecule has 1 saturated heterocycles. The van der Waals surface area contributed by atoms with E-state index in [4.69, 9.17) is 18.5 Å². The average molecular weight is 1310 g/mol. The molecule has 0 spiro atoms. The number of rotatable bonds is 58. The average Bonchev–Trinajstić information content (AvgIpc) is 3.54. The van der Waals surface area contributed by atoms with Crippen LogP contribution in [0.1, 0.15) is 232 Å². The molecule has 0 bridgehead atoms. The lowest BCUT2D eigenvalue weighted by Gasteiger charge is -2.41. The number of thioether (sulfide) groups is 6. The molecule has 0 aliphatic carbocycles. The number of nitrogens with one attached hydrogen (secondary N) is 1. The Bertz CT molecular complexity index is 1570. The Balaban J connectivity index is 2.99. The van der Waals surface area contributed by atoms with Crippen LogP contribution in [0.2, 0.25) is 0 Å². The van der Waals surface area contributed by atoms with Crippen LogP contribution in [0.5, 0.6) is 0 Å². The number of ether oxygens (including phenoxy) is 2. The molecule has 1 aliphatic rings.